The predicted octanol–water partition coefficient (Wildman–Crippen LogP) is 2.39. The molecule has 0 aromatic heterocycles. The summed E-state index contributed by atoms with van der Waals surface area (Å²) in [4.78, 5) is 13.0. The summed E-state index contributed by atoms with van der Waals surface area (Å²) in [7, 11) is 1.22. The van der Waals surface area contributed by atoms with Crippen molar-refractivity contribution in [2.24, 2.45) is 11.8 Å². The highest BCUT2D eigenvalue weighted by Crippen LogP contribution is 2.40. The van der Waals surface area contributed by atoms with Crippen LogP contribution in [0.2, 0.25) is 0 Å². The van der Waals surface area contributed by atoms with E-state index in [1.807, 2.05) is 0 Å². The largest absolute Gasteiger partial charge is 0.406 e. The van der Waals surface area contributed by atoms with E-state index in [0.717, 1.165) is 0 Å². The zero-order valence-corrected chi connectivity index (χ0v) is 11.7. The van der Waals surface area contributed by atoms with E-state index in [4.69, 9.17) is 9.47 Å². The van der Waals surface area contributed by atoms with Gasteiger partial charge >= 0.3 is 6.18 Å². The monoisotopic (exact) mass is 283 g/mol. The van der Waals surface area contributed by atoms with Crippen molar-refractivity contribution in [1.29, 1.82) is 0 Å². The zero-order valence-electron chi connectivity index (χ0n) is 11.7. The first kappa shape index (κ1) is 16.2. The van der Waals surface area contributed by atoms with E-state index in [9.17, 15) is 18.0 Å². The standard InChI is InChI=1S/C12H20F3NO3/c1-7(2)12(8(3)4)9(17)16(6-11(13,14)15)10(18-5)19-12/h7-8,10H,6H2,1-5H3. The predicted molar refractivity (Wildman–Crippen MR) is 62.1 cm³/mol. The molecule has 0 N–H and O–H groups in total. The molecular weight excluding hydrogens is 263 g/mol. The summed E-state index contributed by atoms with van der Waals surface area (Å²) in [6, 6.07) is 0. The van der Waals surface area contributed by atoms with E-state index < -0.39 is 30.6 Å². The number of ether oxygens (including phenoxy) is 2. The van der Waals surface area contributed by atoms with E-state index in [1.54, 1.807) is 27.7 Å². The lowest BCUT2D eigenvalue weighted by molar-refractivity contribution is -0.231. The minimum absolute atomic E-state index is 0.254. The smallest absolute Gasteiger partial charge is 0.338 e. The van der Waals surface area contributed by atoms with Gasteiger partial charge in [-0.2, -0.15) is 13.2 Å². The van der Waals surface area contributed by atoms with Gasteiger partial charge in [0.1, 0.15) is 6.54 Å². The van der Waals surface area contributed by atoms with Crippen molar-refractivity contribution in [3.8, 4) is 0 Å². The fraction of sp³-hybridized carbons (Fsp3) is 0.917. The van der Waals surface area contributed by atoms with Crippen LogP contribution in [-0.2, 0) is 14.3 Å². The van der Waals surface area contributed by atoms with E-state index in [0.29, 0.717) is 4.90 Å². The van der Waals surface area contributed by atoms with Crippen LogP contribution in [-0.4, -0.2) is 42.7 Å². The number of hydrogen-bond acceptors (Lipinski definition) is 3. The van der Waals surface area contributed by atoms with Crippen LogP contribution in [0.15, 0.2) is 0 Å². The maximum absolute atomic E-state index is 12.5. The highest BCUT2D eigenvalue weighted by molar-refractivity contribution is 5.87. The number of carbonyl (C=O) groups excluding carboxylic acids is 1. The van der Waals surface area contributed by atoms with Crippen LogP contribution in [0.3, 0.4) is 0 Å². The van der Waals surface area contributed by atoms with Crippen LogP contribution in [0.5, 0.6) is 0 Å². The molecule has 7 heteroatoms. The van der Waals surface area contributed by atoms with Gasteiger partial charge in [-0.15, -0.1) is 0 Å². The molecule has 112 valence electrons. The zero-order chi connectivity index (χ0) is 15.0. The van der Waals surface area contributed by atoms with E-state index in [2.05, 4.69) is 0 Å². The van der Waals surface area contributed by atoms with Crippen molar-refractivity contribution in [2.75, 3.05) is 13.7 Å². The number of amides is 1. The van der Waals surface area contributed by atoms with Crippen LogP contribution in [0.4, 0.5) is 13.2 Å². The summed E-state index contributed by atoms with van der Waals surface area (Å²) in [6.07, 6.45) is -5.78. The van der Waals surface area contributed by atoms with Crippen molar-refractivity contribution < 1.29 is 27.4 Å². The topological polar surface area (TPSA) is 38.8 Å². The lowest BCUT2D eigenvalue weighted by atomic mass is 9.79. The van der Waals surface area contributed by atoms with Gasteiger partial charge in [0.05, 0.1) is 0 Å². The second kappa shape index (κ2) is 5.28. The van der Waals surface area contributed by atoms with E-state index in [1.165, 1.54) is 7.11 Å². The molecule has 1 saturated heterocycles. The molecule has 0 aromatic carbocycles. The summed E-state index contributed by atoms with van der Waals surface area (Å²) in [5, 5.41) is 0. The fourth-order valence-corrected chi connectivity index (χ4v) is 2.55. The third kappa shape index (κ3) is 2.86. The Kier molecular flexibility index (Phi) is 4.51. The quantitative estimate of drug-likeness (QED) is 0.795. The molecule has 1 atom stereocenters. The Balaban J connectivity index is 3.12. The fourth-order valence-electron chi connectivity index (χ4n) is 2.55. The van der Waals surface area contributed by atoms with Crippen molar-refractivity contribution in [3.63, 3.8) is 0 Å². The summed E-state index contributed by atoms with van der Waals surface area (Å²) in [6.45, 7) is 5.64. The Morgan fingerprint density at radius 3 is 2.11 bits per heavy atom. The molecule has 1 amide bonds. The Hall–Kier alpha value is -0.820. The SMILES string of the molecule is COC1OC(C(C)C)(C(C)C)C(=O)N1CC(F)(F)F. The average molecular weight is 283 g/mol. The molecule has 4 nitrogen and oxygen atoms in total. The second-order valence-corrected chi connectivity index (χ2v) is 5.31. The molecule has 1 rings (SSSR count). The molecule has 1 heterocycles. The first-order chi connectivity index (χ1) is 8.56. The first-order valence-corrected chi connectivity index (χ1v) is 6.14. The minimum atomic E-state index is -4.49. The summed E-state index contributed by atoms with van der Waals surface area (Å²) < 4.78 is 48.0. The molecule has 0 spiro atoms. The lowest BCUT2D eigenvalue weighted by Gasteiger charge is -2.33. The lowest BCUT2D eigenvalue weighted by Crippen LogP contribution is -2.50. The summed E-state index contributed by atoms with van der Waals surface area (Å²) in [5.74, 6) is -1.17. The maximum Gasteiger partial charge on any atom is 0.406 e. The van der Waals surface area contributed by atoms with Gasteiger partial charge in [-0.05, 0) is 11.8 Å². The number of nitrogens with zero attached hydrogens (tertiary/aromatic N) is 1. The van der Waals surface area contributed by atoms with Crippen molar-refractivity contribution in [2.45, 2.75) is 45.9 Å². The molecule has 0 aromatic rings. The molecule has 0 aliphatic carbocycles. The molecule has 1 aliphatic rings. The molecule has 1 unspecified atom stereocenters. The highest BCUT2D eigenvalue weighted by atomic mass is 19.4. The third-order valence-electron chi connectivity index (χ3n) is 3.41. The van der Waals surface area contributed by atoms with Gasteiger partial charge in [0.15, 0.2) is 5.60 Å². The minimum Gasteiger partial charge on any atom is -0.338 e. The van der Waals surface area contributed by atoms with Gasteiger partial charge in [-0.3, -0.25) is 9.69 Å². The Bertz CT molecular complexity index is 334. The third-order valence-corrected chi connectivity index (χ3v) is 3.41. The summed E-state index contributed by atoms with van der Waals surface area (Å²) >= 11 is 0. The first-order valence-electron chi connectivity index (χ1n) is 6.14. The molecule has 0 saturated carbocycles. The number of hydrogen-bond donors (Lipinski definition) is 0. The van der Waals surface area contributed by atoms with E-state index in [-0.39, 0.29) is 11.8 Å². The number of alkyl halides is 3. The molecule has 1 fully saturated rings. The molecule has 0 bridgehead atoms. The highest BCUT2D eigenvalue weighted by Gasteiger charge is 2.58. The van der Waals surface area contributed by atoms with E-state index >= 15 is 0 Å². The summed E-state index contributed by atoms with van der Waals surface area (Å²) in [5.41, 5.74) is -1.27. The van der Waals surface area contributed by atoms with Crippen LogP contribution >= 0.6 is 0 Å². The Morgan fingerprint density at radius 2 is 1.79 bits per heavy atom. The molecule has 0 radical (unpaired) electrons. The van der Waals surface area contributed by atoms with Crippen LogP contribution < -0.4 is 0 Å². The molecular formula is C12H20F3NO3. The van der Waals surface area contributed by atoms with Gasteiger partial charge in [0, 0.05) is 7.11 Å². The second-order valence-electron chi connectivity index (χ2n) is 5.31. The Labute approximate surface area is 110 Å². The van der Waals surface area contributed by atoms with Gasteiger partial charge in [0.2, 0.25) is 6.41 Å². The van der Waals surface area contributed by atoms with Crippen molar-refractivity contribution >= 4 is 5.91 Å². The number of methoxy groups -OCH3 is 1. The average Bonchev–Trinajstić information content (AvgIpc) is 2.51. The normalized spacial score (nSPS) is 23.8. The maximum atomic E-state index is 12.5. The van der Waals surface area contributed by atoms with Crippen LogP contribution in [0.25, 0.3) is 0 Å². The molecule has 19 heavy (non-hydrogen) atoms. The van der Waals surface area contributed by atoms with Crippen LogP contribution in [0.1, 0.15) is 27.7 Å². The Morgan fingerprint density at radius 1 is 1.32 bits per heavy atom. The molecule has 1 aliphatic heterocycles. The van der Waals surface area contributed by atoms with Gasteiger partial charge in [0.25, 0.3) is 5.91 Å². The van der Waals surface area contributed by atoms with Gasteiger partial charge < -0.3 is 9.47 Å². The van der Waals surface area contributed by atoms with Gasteiger partial charge in [-0.1, -0.05) is 27.7 Å². The van der Waals surface area contributed by atoms with Gasteiger partial charge in [-0.25, -0.2) is 0 Å². The number of rotatable bonds is 4. The number of halogens is 3. The number of carbonyl (C=O) groups is 1. The van der Waals surface area contributed by atoms with Crippen molar-refractivity contribution in [3.05, 3.63) is 0 Å². The van der Waals surface area contributed by atoms with Crippen LogP contribution in [0, 0.1) is 11.8 Å². The van der Waals surface area contributed by atoms with Crippen molar-refractivity contribution in [1.82, 2.24) is 4.90 Å².